The van der Waals surface area contributed by atoms with Crippen molar-refractivity contribution in [1.29, 1.82) is 0 Å². The van der Waals surface area contributed by atoms with E-state index in [2.05, 4.69) is 15.9 Å². The van der Waals surface area contributed by atoms with Gasteiger partial charge < -0.3 is 9.84 Å². The molecule has 0 bridgehead atoms. The van der Waals surface area contributed by atoms with Crippen molar-refractivity contribution in [2.75, 3.05) is 6.61 Å². The minimum Gasteiger partial charge on any atom is -0.493 e. The second-order valence-electron chi connectivity index (χ2n) is 3.06. The summed E-state index contributed by atoms with van der Waals surface area (Å²) >= 11 is 3.12. The summed E-state index contributed by atoms with van der Waals surface area (Å²) in [5, 5.41) is 9.14. The van der Waals surface area contributed by atoms with Crippen LogP contribution in [0.4, 0.5) is 13.2 Å². The predicted molar refractivity (Wildman–Crippen MR) is 56.3 cm³/mol. The molecule has 16 heavy (non-hydrogen) atoms. The van der Waals surface area contributed by atoms with E-state index in [9.17, 15) is 13.2 Å². The zero-order valence-electron chi connectivity index (χ0n) is 8.38. The number of aliphatic hydroxyl groups is 1. The van der Waals surface area contributed by atoms with Crippen LogP contribution in [0.1, 0.15) is 18.6 Å². The third-order valence-corrected chi connectivity index (χ3v) is 2.37. The van der Waals surface area contributed by atoms with Gasteiger partial charge in [0.05, 0.1) is 6.61 Å². The number of ether oxygens (including phenoxy) is 1. The summed E-state index contributed by atoms with van der Waals surface area (Å²) in [7, 11) is 0. The van der Waals surface area contributed by atoms with Crippen molar-refractivity contribution in [3.05, 3.63) is 28.2 Å². The van der Waals surface area contributed by atoms with Gasteiger partial charge in [0.15, 0.2) is 6.10 Å². The number of hydrogen-bond acceptors (Lipinski definition) is 2. The first-order valence-electron chi connectivity index (χ1n) is 4.53. The van der Waals surface area contributed by atoms with Gasteiger partial charge in [-0.05, 0) is 19.1 Å². The van der Waals surface area contributed by atoms with Crippen molar-refractivity contribution in [2.24, 2.45) is 0 Å². The number of hydrogen-bond donors (Lipinski definition) is 1. The molecule has 0 aliphatic heterocycles. The summed E-state index contributed by atoms with van der Waals surface area (Å²) in [6.07, 6.45) is -7.22. The zero-order chi connectivity index (χ0) is 12.3. The average Bonchev–Trinajstić information content (AvgIpc) is 2.16. The Kier molecular flexibility index (Phi) is 4.21. The molecule has 1 N–H and O–H groups in total. The molecule has 1 atom stereocenters. The number of halogens is 4. The Balaban J connectivity index is 3.12. The highest BCUT2D eigenvalue weighted by molar-refractivity contribution is 9.10. The standard InChI is InChI=1S/C10H10BrF3O2/c1-2-16-8-5-6(11)3-4-7(8)9(15)10(12,13)14/h3-5,9,15H,2H2,1H3. The molecule has 90 valence electrons. The average molecular weight is 299 g/mol. The molecular formula is C10H10BrF3O2. The molecule has 0 saturated carbocycles. The first-order chi connectivity index (χ1) is 7.36. The summed E-state index contributed by atoms with van der Waals surface area (Å²) in [5.41, 5.74) is -0.280. The minimum atomic E-state index is -4.69. The Morgan fingerprint density at radius 1 is 1.44 bits per heavy atom. The van der Waals surface area contributed by atoms with Gasteiger partial charge in [0.25, 0.3) is 0 Å². The van der Waals surface area contributed by atoms with Gasteiger partial charge in [0, 0.05) is 10.0 Å². The molecule has 0 radical (unpaired) electrons. The van der Waals surface area contributed by atoms with Crippen LogP contribution < -0.4 is 4.74 Å². The summed E-state index contributed by atoms with van der Waals surface area (Å²) < 4.78 is 42.7. The van der Waals surface area contributed by atoms with E-state index < -0.39 is 12.3 Å². The van der Waals surface area contributed by atoms with E-state index in [1.54, 1.807) is 6.92 Å². The van der Waals surface area contributed by atoms with E-state index in [0.29, 0.717) is 4.47 Å². The molecule has 1 rings (SSSR count). The second-order valence-corrected chi connectivity index (χ2v) is 3.97. The maximum atomic E-state index is 12.3. The van der Waals surface area contributed by atoms with Gasteiger partial charge in [-0.2, -0.15) is 13.2 Å². The SMILES string of the molecule is CCOc1cc(Br)ccc1C(O)C(F)(F)F. The zero-order valence-corrected chi connectivity index (χ0v) is 9.97. The summed E-state index contributed by atoms with van der Waals surface area (Å²) in [4.78, 5) is 0. The van der Waals surface area contributed by atoms with Crippen molar-refractivity contribution in [2.45, 2.75) is 19.2 Å². The van der Waals surface area contributed by atoms with Crippen molar-refractivity contribution in [3.8, 4) is 5.75 Å². The van der Waals surface area contributed by atoms with Gasteiger partial charge in [0.1, 0.15) is 5.75 Å². The van der Waals surface area contributed by atoms with Crippen LogP contribution >= 0.6 is 15.9 Å². The lowest BCUT2D eigenvalue weighted by Gasteiger charge is -2.18. The fourth-order valence-corrected chi connectivity index (χ4v) is 1.53. The first kappa shape index (κ1) is 13.3. The molecule has 0 saturated heterocycles. The largest absolute Gasteiger partial charge is 0.493 e. The van der Waals surface area contributed by atoms with Crippen LogP contribution in [-0.4, -0.2) is 17.9 Å². The highest BCUT2D eigenvalue weighted by Crippen LogP contribution is 2.38. The van der Waals surface area contributed by atoms with Crippen molar-refractivity contribution in [3.63, 3.8) is 0 Å². The van der Waals surface area contributed by atoms with Crippen LogP contribution in [0, 0.1) is 0 Å². The molecule has 1 unspecified atom stereocenters. The molecule has 6 heteroatoms. The monoisotopic (exact) mass is 298 g/mol. The van der Waals surface area contributed by atoms with Gasteiger partial charge in [-0.1, -0.05) is 22.0 Å². The van der Waals surface area contributed by atoms with Crippen LogP contribution in [0.3, 0.4) is 0 Å². The van der Waals surface area contributed by atoms with Gasteiger partial charge in [-0.25, -0.2) is 0 Å². The molecule has 0 aliphatic carbocycles. The Labute approximate surface area is 99.2 Å². The van der Waals surface area contributed by atoms with Crippen molar-refractivity contribution < 1.29 is 23.0 Å². The third-order valence-electron chi connectivity index (χ3n) is 1.88. The van der Waals surface area contributed by atoms with Crippen molar-refractivity contribution in [1.82, 2.24) is 0 Å². The van der Waals surface area contributed by atoms with Crippen LogP contribution in [0.15, 0.2) is 22.7 Å². The Morgan fingerprint density at radius 3 is 2.56 bits per heavy atom. The topological polar surface area (TPSA) is 29.5 Å². The molecule has 0 aromatic heterocycles. The van der Waals surface area contributed by atoms with Gasteiger partial charge >= 0.3 is 6.18 Å². The summed E-state index contributed by atoms with van der Waals surface area (Å²) in [5.74, 6) is 0.0294. The molecule has 0 heterocycles. The Morgan fingerprint density at radius 2 is 2.06 bits per heavy atom. The Bertz CT molecular complexity index is 366. The van der Waals surface area contributed by atoms with Gasteiger partial charge in [-0.3, -0.25) is 0 Å². The molecule has 0 aliphatic rings. The predicted octanol–water partition coefficient (Wildman–Crippen LogP) is 3.44. The summed E-state index contributed by atoms with van der Waals surface area (Å²) in [6, 6.07) is 4.01. The highest BCUT2D eigenvalue weighted by Gasteiger charge is 2.40. The summed E-state index contributed by atoms with van der Waals surface area (Å²) in [6.45, 7) is 1.89. The first-order valence-corrected chi connectivity index (χ1v) is 5.32. The third kappa shape index (κ3) is 3.12. The minimum absolute atomic E-state index is 0.0294. The normalized spacial score (nSPS) is 13.6. The van der Waals surface area contributed by atoms with E-state index in [1.165, 1.54) is 18.2 Å². The Hall–Kier alpha value is -0.750. The fourth-order valence-electron chi connectivity index (χ4n) is 1.19. The van der Waals surface area contributed by atoms with Crippen molar-refractivity contribution >= 4 is 15.9 Å². The van der Waals surface area contributed by atoms with Gasteiger partial charge in [0.2, 0.25) is 0 Å². The van der Waals surface area contributed by atoms with Crippen LogP contribution in [0.2, 0.25) is 0 Å². The van der Waals surface area contributed by atoms with Gasteiger partial charge in [-0.15, -0.1) is 0 Å². The lowest BCUT2D eigenvalue weighted by atomic mass is 10.1. The molecule has 1 aromatic carbocycles. The number of benzene rings is 1. The molecule has 0 amide bonds. The number of aliphatic hydroxyl groups excluding tert-OH is 1. The van der Waals surface area contributed by atoms with E-state index in [4.69, 9.17) is 9.84 Å². The molecule has 0 spiro atoms. The second kappa shape index (κ2) is 5.05. The highest BCUT2D eigenvalue weighted by atomic mass is 79.9. The molecular weight excluding hydrogens is 289 g/mol. The van der Waals surface area contributed by atoms with E-state index in [1.807, 2.05) is 0 Å². The van der Waals surface area contributed by atoms with E-state index >= 15 is 0 Å². The smallest absolute Gasteiger partial charge is 0.418 e. The maximum Gasteiger partial charge on any atom is 0.418 e. The van der Waals surface area contributed by atoms with E-state index in [0.717, 1.165) is 0 Å². The molecule has 0 fully saturated rings. The fraction of sp³-hybridized carbons (Fsp3) is 0.400. The molecule has 2 nitrogen and oxygen atoms in total. The maximum absolute atomic E-state index is 12.3. The molecule has 1 aromatic rings. The van der Waals surface area contributed by atoms with E-state index in [-0.39, 0.29) is 17.9 Å². The number of alkyl halides is 3. The number of rotatable bonds is 3. The quantitative estimate of drug-likeness (QED) is 0.926. The van der Waals surface area contributed by atoms with Crippen LogP contribution in [-0.2, 0) is 0 Å². The lowest BCUT2D eigenvalue weighted by molar-refractivity contribution is -0.207. The van der Waals surface area contributed by atoms with Crippen LogP contribution in [0.5, 0.6) is 5.75 Å². The lowest BCUT2D eigenvalue weighted by Crippen LogP contribution is -2.21. The van der Waals surface area contributed by atoms with Crippen LogP contribution in [0.25, 0.3) is 0 Å².